The van der Waals surface area contributed by atoms with Crippen molar-refractivity contribution in [1.82, 2.24) is 0 Å². The molecular weight excluding hydrogens is 206 g/mol. The lowest BCUT2D eigenvalue weighted by Gasteiger charge is -2.18. The van der Waals surface area contributed by atoms with Crippen LogP contribution in [0.3, 0.4) is 0 Å². The minimum absolute atomic E-state index is 0.134. The molecule has 0 fully saturated rings. The third-order valence-electron chi connectivity index (χ3n) is 2.65. The summed E-state index contributed by atoms with van der Waals surface area (Å²) in [5.41, 5.74) is 6.28. The Morgan fingerprint density at radius 2 is 2.00 bits per heavy atom. The van der Waals surface area contributed by atoms with E-state index in [2.05, 4.69) is 0 Å². The number of nitrogens with two attached hydrogens (primary N) is 1. The largest absolute Gasteiger partial charge is 0.508 e. The van der Waals surface area contributed by atoms with E-state index in [4.69, 9.17) is 15.2 Å². The summed E-state index contributed by atoms with van der Waals surface area (Å²) in [6.45, 7) is 2.57. The number of benzene rings is 1. The van der Waals surface area contributed by atoms with Gasteiger partial charge in [0.1, 0.15) is 5.75 Å². The van der Waals surface area contributed by atoms with E-state index >= 15 is 0 Å². The van der Waals surface area contributed by atoms with Crippen LogP contribution in [-0.2, 0) is 0 Å². The molecule has 1 unspecified atom stereocenters. The van der Waals surface area contributed by atoms with Crippen LogP contribution in [-0.4, -0.2) is 25.9 Å². The van der Waals surface area contributed by atoms with Gasteiger partial charge in [-0.15, -0.1) is 0 Å². The van der Waals surface area contributed by atoms with E-state index in [9.17, 15) is 5.11 Å². The van der Waals surface area contributed by atoms with Crippen molar-refractivity contribution in [2.45, 2.75) is 19.3 Å². The van der Waals surface area contributed by atoms with Crippen LogP contribution >= 0.6 is 0 Å². The molecule has 0 amide bonds. The van der Waals surface area contributed by atoms with Crippen LogP contribution < -0.4 is 15.2 Å². The topological polar surface area (TPSA) is 64.7 Å². The van der Waals surface area contributed by atoms with Crippen molar-refractivity contribution in [3.63, 3.8) is 0 Å². The van der Waals surface area contributed by atoms with Gasteiger partial charge in [-0.05, 0) is 31.0 Å². The van der Waals surface area contributed by atoms with Gasteiger partial charge in [-0.25, -0.2) is 0 Å². The van der Waals surface area contributed by atoms with E-state index in [0.717, 1.165) is 12.0 Å². The molecule has 0 aliphatic rings. The van der Waals surface area contributed by atoms with Gasteiger partial charge >= 0.3 is 0 Å². The highest BCUT2D eigenvalue weighted by Crippen LogP contribution is 2.42. The normalized spacial score (nSPS) is 12.2. The fraction of sp³-hybridized carbons (Fsp3) is 0.500. The van der Waals surface area contributed by atoms with Gasteiger partial charge in [0.05, 0.1) is 14.2 Å². The molecule has 1 atom stereocenters. The van der Waals surface area contributed by atoms with Crippen molar-refractivity contribution in [2.75, 3.05) is 20.8 Å². The van der Waals surface area contributed by atoms with E-state index in [-0.39, 0.29) is 11.7 Å². The molecule has 3 N–H and O–H groups in total. The molecule has 0 aliphatic carbocycles. The van der Waals surface area contributed by atoms with Crippen LogP contribution in [0.5, 0.6) is 17.2 Å². The Morgan fingerprint density at radius 1 is 1.31 bits per heavy atom. The number of phenolic OH excluding ortho intramolecular Hbond substituents is 1. The highest BCUT2D eigenvalue weighted by atomic mass is 16.5. The second-order valence-electron chi connectivity index (χ2n) is 3.71. The SMILES string of the molecule is COc1ccc(O)c(C(C)CCN)c1OC. The van der Waals surface area contributed by atoms with Crippen molar-refractivity contribution >= 4 is 0 Å². The van der Waals surface area contributed by atoms with Crippen molar-refractivity contribution in [3.05, 3.63) is 17.7 Å². The molecule has 1 aromatic rings. The molecule has 4 nitrogen and oxygen atoms in total. The molecule has 90 valence electrons. The van der Waals surface area contributed by atoms with Gasteiger partial charge in [-0.1, -0.05) is 6.92 Å². The molecular formula is C12H19NO3. The lowest BCUT2D eigenvalue weighted by Crippen LogP contribution is -2.06. The summed E-state index contributed by atoms with van der Waals surface area (Å²) in [5.74, 6) is 1.57. The first-order valence-corrected chi connectivity index (χ1v) is 5.29. The molecule has 1 rings (SSSR count). The molecule has 0 saturated heterocycles. The van der Waals surface area contributed by atoms with E-state index < -0.39 is 0 Å². The third kappa shape index (κ3) is 2.39. The minimum atomic E-state index is 0.134. The number of aromatic hydroxyl groups is 1. The maximum Gasteiger partial charge on any atom is 0.167 e. The number of methoxy groups -OCH3 is 2. The standard InChI is InChI=1S/C12H19NO3/c1-8(6-7-13)11-9(14)4-5-10(15-2)12(11)16-3/h4-5,8,14H,6-7,13H2,1-3H3. The molecule has 0 saturated carbocycles. The van der Waals surface area contributed by atoms with Gasteiger partial charge in [0, 0.05) is 5.56 Å². The van der Waals surface area contributed by atoms with E-state index in [1.165, 1.54) is 0 Å². The molecule has 0 aliphatic heterocycles. The van der Waals surface area contributed by atoms with Gasteiger partial charge in [0.25, 0.3) is 0 Å². The Hall–Kier alpha value is -1.42. The van der Waals surface area contributed by atoms with Crippen LogP contribution in [0, 0.1) is 0 Å². The third-order valence-corrected chi connectivity index (χ3v) is 2.65. The van der Waals surface area contributed by atoms with E-state index in [0.29, 0.717) is 18.0 Å². The van der Waals surface area contributed by atoms with Crippen LogP contribution in [0.15, 0.2) is 12.1 Å². The molecule has 0 radical (unpaired) electrons. The van der Waals surface area contributed by atoms with Crippen molar-refractivity contribution in [2.24, 2.45) is 5.73 Å². The number of rotatable bonds is 5. The number of phenols is 1. The van der Waals surface area contributed by atoms with Crippen LogP contribution in [0.2, 0.25) is 0 Å². The molecule has 0 spiro atoms. The summed E-state index contributed by atoms with van der Waals surface area (Å²) in [5, 5.41) is 9.86. The highest BCUT2D eigenvalue weighted by molar-refractivity contribution is 5.54. The Kier molecular flexibility index (Phi) is 4.43. The van der Waals surface area contributed by atoms with Crippen molar-refractivity contribution in [1.29, 1.82) is 0 Å². The van der Waals surface area contributed by atoms with Gasteiger partial charge in [-0.3, -0.25) is 0 Å². The van der Waals surface area contributed by atoms with Crippen LogP contribution in [0.25, 0.3) is 0 Å². The number of hydrogen-bond acceptors (Lipinski definition) is 4. The molecule has 4 heteroatoms. The maximum absolute atomic E-state index is 9.86. The minimum Gasteiger partial charge on any atom is -0.508 e. The zero-order valence-electron chi connectivity index (χ0n) is 9.99. The molecule has 1 aromatic carbocycles. The number of hydrogen-bond donors (Lipinski definition) is 2. The number of ether oxygens (including phenoxy) is 2. The van der Waals surface area contributed by atoms with Crippen LogP contribution in [0.4, 0.5) is 0 Å². The Labute approximate surface area is 96.0 Å². The molecule has 0 aromatic heterocycles. The van der Waals surface area contributed by atoms with E-state index in [1.807, 2.05) is 6.92 Å². The van der Waals surface area contributed by atoms with E-state index in [1.54, 1.807) is 26.4 Å². The lowest BCUT2D eigenvalue weighted by atomic mass is 9.95. The quantitative estimate of drug-likeness (QED) is 0.802. The summed E-state index contributed by atoms with van der Waals surface area (Å²) in [7, 11) is 3.14. The summed E-state index contributed by atoms with van der Waals surface area (Å²) in [6.07, 6.45) is 0.789. The molecule has 0 heterocycles. The smallest absolute Gasteiger partial charge is 0.167 e. The fourth-order valence-corrected chi connectivity index (χ4v) is 1.81. The summed E-state index contributed by atoms with van der Waals surface area (Å²) < 4.78 is 10.5. The predicted molar refractivity (Wildman–Crippen MR) is 63.3 cm³/mol. The first-order chi connectivity index (χ1) is 7.65. The van der Waals surface area contributed by atoms with Gasteiger partial charge < -0.3 is 20.3 Å². The van der Waals surface area contributed by atoms with Gasteiger partial charge in [0.2, 0.25) is 0 Å². The summed E-state index contributed by atoms with van der Waals surface area (Å²) in [6, 6.07) is 3.30. The molecule has 16 heavy (non-hydrogen) atoms. The average molecular weight is 225 g/mol. The monoisotopic (exact) mass is 225 g/mol. The predicted octanol–water partition coefficient (Wildman–Crippen LogP) is 1.86. The Morgan fingerprint density at radius 3 is 2.50 bits per heavy atom. The van der Waals surface area contributed by atoms with Gasteiger partial charge in [-0.2, -0.15) is 0 Å². The van der Waals surface area contributed by atoms with Crippen molar-refractivity contribution < 1.29 is 14.6 Å². The average Bonchev–Trinajstić information content (AvgIpc) is 2.28. The Balaban J connectivity index is 3.22. The Bertz CT molecular complexity index is 352. The second-order valence-corrected chi connectivity index (χ2v) is 3.71. The van der Waals surface area contributed by atoms with Crippen LogP contribution in [0.1, 0.15) is 24.8 Å². The van der Waals surface area contributed by atoms with Gasteiger partial charge in [0.15, 0.2) is 11.5 Å². The maximum atomic E-state index is 9.86. The highest BCUT2D eigenvalue weighted by Gasteiger charge is 2.19. The first kappa shape index (κ1) is 12.6. The zero-order chi connectivity index (χ0) is 12.1. The second kappa shape index (κ2) is 5.61. The zero-order valence-corrected chi connectivity index (χ0v) is 9.99. The first-order valence-electron chi connectivity index (χ1n) is 5.29. The summed E-state index contributed by atoms with van der Waals surface area (Å²) >= 11 is 0. The summed E-state index contributed by atoms with van der Waals surface area (Å²) in [4.78, 5) is 0. The lowest BCUT2D eigenvalue weighted by molar-refractivity contribution is 0.343. The van der Waals surface area contributed by atoms with Crippen molar-refractivity contribution in [3.8, 4) is 17.2 Å². The molecule has 0 bridgehead atoms. The fourth-order valence-electron chi connectivity index (χ4n) is 1.81.